The molecule has 0 saturated carbocycles. The van der Waals surface area contributed by atoms with Gasteiger partial charge in [0.15, 0.2) is 25.2 Å². The van der Waals surface area contributed by atoms with E-state index < -0.39 is 34.2 Å². The zero-order valence-electron chi connectivity index (χ0n) is 18.7. The van der Waals surface area contributed by atoms with E-state index in [1.54, 1.807) is 0 Å². The van der Waals surface area contributed by atoms with Crippen LogP contribution in [0.1, 0.15) is 105 Å². The molecule has 9 heteroatoms. The summed E-state index contributed by atoms with van der Waals surface area (Å²) in [4.78, 5) is 0. The normalized spacial score (nSPS) is 18.2. The highest BCUT2D eigenvalue weighted by molar-refractivity contribution is 6.53. The van der Waals surface area contributed by atoms with Crippen LogP contribution < -0.4 is 0 Å². The van der Waals surface area contributed by atoms with Gasteiger partial charge < -0.3 is 38.1 Å². The molecule has 0 heterocycles. The minimum atomic E-state index is -4.25. The van der Waals surface area contributed by atoms with Crippen molar-refractivity contribution in [1.82, 2.24) is 0 Å². The SMILES string of the molecule is CCCCC(O)O[Si](OC(O)CCCC)(OC(O)CCCC)OC(O)CCCC. The lowest BCUT2D eigenvalue weighted by atomic mass is 10.2. The monoisotopic (exact) mass is 440 g/mol. The zero-order chi connectivity index (χ0) is 22.1. The Kier molecular flexibility index (Phi) is 17.5. The first kappa shape index (κ1) is 28.9. The lowest BCUT2D eigenvalue weighted by Crippen LogP contribution is -2.57. The lowest BCUT2D eigenvalue weighted by Gasteiger charge is -2.34. The van der Waals surface area contributed by atoms with Gasteiger partial charge in [0.1, 0.15) is 0 Å². The minimum absolute atomic E-state index is 0.322. The van der Waals surface area contributed by atoms with Crippen LogP contribution in [0.3, 0.4) is 0 Å². The summed E-state index contributed by atoms with van der Waals surface area (Å²) in [5, 5.41) is 41.2. The van der Waals surface area contributed by atoms with Crippen molar-refractivity contribution in [2.75, 3.05) is 0 Å². The molecule has 0 bridgehead atoms. The first-order valence-corrected chi connectivity index (χ1v) is 12.9. The predicted octanol–water partition coefficient (Wildman–Crippen LogP) is 3.52. The topological polar surface area (TPSA) is 118 Å². The number of unbranched alkanes of at least 4 members (excludes halogenated alkanes) is 4. The van der Waals surface area contributed by atoms with E-state index in [9.17, 15) is 20.4 Å². The predicted molar refractivity (Wildman–Crippen MR) is 112 cm³/mol. The average molecular weight is 441 g/mol. The molecule has 29 heavy (non-hydrogen) atoms. The summed E-state index contributed by atoms with van der Waals surface area (Å²) in [6.45, 7) is 7.94. The summed E-state index contributed by atoms with van der Waals surface area (Å²) in [7, 11) is -4.25. The van der Waals surface area contributed by atoms with Crippen molar-refractivity contribution in [1.29, 1.82) is 0 Å². The largest absolute Gasteiger partial charge is 0.687 e. The average Bonchev–Trinajstić information content (AvgIpc) is 2.67. The van der Waals surface area contributed by atoms with Crippen LogP contribution >= 0.6 is 0 Å². The van der Waals surface area contributed by atoms with Crippen LogP contribution in [0.5, 0.6) is 0 Å². The van der Waals surface area contributed by atoms with Crippen molar-refractivity contribution >= 4 is 9.05 Å². The number of hydrogen-bond donors (Lipinski definition) is 4. The van der Waals surface area contributed by atoms with Crippen LogP contribution in [0.15, 0.2) is 0 Å². The molecule has 0 aliphatic heterocycles. The van der Waals surface area contributed by atoms with E-state index in [1.165, 1.54) is 0 Å². The van der Waals surface area contributed by atoms with Crippen molar-refractivity contribution in [2.45, 2.75) is 130 Å². The Bertz CT molecular complexity index is 305. The molecule has 0 saturated heterocycles. The van der Waals surface area contributed by atoms with E-state index in [2.05, 4.69) is 0 Å². The zero-order valence-corrected chi connectivity index (χ0v) is 19.7. The van der Waals surface area contributed by atoms with E-state index in [0.29, 0.717) is 51.4 Å². The van der Waals surface area contributed by atoms with Gasteiger partial charge in [-0.1, -0.05) is 53.4 Å². The van der Waals surface area contributed by atoms with Gasteiger partial charge in [0.25, 0.3) is 0 Å². The molecule has 0 aromatic carbocycles. The van der Waals surface area contributed by atoms with Gasteiger partial charge in [-0.25, -0.2) is 0 Å². The van der Waals surface area contributed by atoms with Crippen molar-refractivity contribution in [2.24, 2.45) is 0 Å². The first-order chi connectivity index (χ1) is 13.8. The van der Waals surface area contributed by atoms with Gasteiger partial charge in [0.2, 0.25) is 0 Å². The molecule has 0 fully saturated rings. The van der Waals surface area contributed by atoms with Gasteiger partial charge in [-0.2, -0.15) is 0 Å². The highest BCUT2D eigenvalue weighted by Crippen LogP contribution is 2.24. The standard InChI is InChI=1S/C20H44O8Si/c1-5-9-13-17(21)25-29(26-18(22)14-10-6-2,27-19(23)15-11-7-3)28-20(24)16-12-8-4/h17-24H,5-16H2,1-4H3. The summed E-state index contributed by atoms with van der Waals surface area (Å²) in [6, 6.07) is 0. The van der Waals surface area contributed by atoms with E-state index in [1.807, 2.05) is 27.7 Å². The highest BCUT2D eigenvalue weighted by atomic mass is 28.4. The fraction of sp³-hybridized carbons (Fsp3) is 1.00. The van der Waals surface area contributed by atoms with Gasteiger partial charge in [0, 0.05) is 0 Å². The molecular formula is C20H44O8Si. The van der Waals surface area contributed by atoms with Gasteiger partial charge >= 0.3 is 9.05 Å². The number of aliphatic hydroxyl groups excluding tert-OH is 4. The molecule has 0 aromatic rings. The van der Waals surface area contributed by atoms with E-state index in [0.717, 1.165) is 25.7 Å². The summed E-state index contributed by atoms with van der Waals surface area (Å²) < 4.78 is 22.6. The number of rotatable bonds is 20. The lowest BCUT2D eigenvalue weighted by molar-refractivity contribution is -0.221. The van der Waals surface area contributed by atoms with Crippen LogP contribution in [-0.2, 0) is 17.7 Å². The highest BCUT2D eigenvalue weighted by Gasteiger charge is 2.53. The van der Waals surface area contributed by atoms with Gasteiger partial charge in [-0.15, -0.1) is 0 Å². The second kappa shape index (κ2) is 17.6. The summed E-state index contributed by atoms with van der Waals surface area (Å²) in [6.07, 6.45) is 2.54. The molecule has 0 aromatic heterocycles. The van der Waals surface area contributed by atoms with E-state index in [4.69, 9.17) is 17.7 Å². The number of aliphatic hydroxyl groups is 4. The van der Waals surface area contributed by atoms with Crippen LogP contribution in [-0.4, -0.2) is 54.6 Å². The third-order valence-corrected chi connectivity index (χ3v) is 6.58. The fourth-order valence-corrected chi connectivity index (χ4v) is 4.72. The summed E-state index contributed by atoms with van der Waals surface area (Å²) in [5.74, 6) is 0. The van der Waals surface area contributed by atoms with Crippen molar-refractivity contribution in [3.05, 3.63) is 0 Å². The van der Waals surface area contributed by atoms with Crippen LogP contribution in [0.25, 0.3) is 0 Å². The molecule has 0 spiro atoms. The Hall–Kier alpha value is -0.103. The molecule has 4 atom stereocenters. The van der Waals surface area contributed by atoms with Crippen molar-refractivity contribution in [3.63, 3.8) is 0 Å². The summed E-state index contributed by atoms with van der Waals surface area (Å²) >= 11 is 0. The molecule has 0 amide bonds. The Morgan fingerprint density at radius 3 is 0.862 bits per heavy atom. The third-order valence-electron chi connectivity index (χ3n) is 4.34. The fourth-order valence-electron chi connectivity index (χ4n) is 2.58. The molecule has 0 aliphatic rings. The molecule has 0 rings (SSSR count). The maximum Gasteiger partial charge on any atom is 0.687 e. The van der Waals surface area contributed by atoms with E-state index >= 15 is 0 Å². The van der Waals surface area contributed by atoms with Crippen LogP contribution in [0, 0.1) is 0 Å². The Balaban J connectivity index is 5.47. The Labute approximate surface area is 177 Å². The van der Waals surface area contributed by atoms with Crippen molar-refractivity contribution < 1.29 is 38.1 Å². The first-order valence-electron chi connectivity index (χ1n) is 11.3. The minimum Gasteiger partial charge on any atom is -0.369 e. The molecule has 8 nitrogen and oxygen atoms in total. The van der Waals surface area contributed by atoms with Crippen LogP contribution in [0.4, 0.5) is 0 Å². The van der Waals surface area contributed by atoms with Gasteiger partial charge in [-0.05, 0) is 51.4 Å². The molecule has 0 aliphatic carbocycles. The molecule has 0 radical (unpaired) electrons. The van der Waals surface area contributed by atoms with Crippen LogP contribution in [0.2, 0.25) is 0 Å². The van der Waals surface area contributed by atoms with Gasteiger partial charge in [0.05, 0.1) is 0 Å². The van der Waals surface area contributed by atoms with E-state index in [-0.39, 0.29) is 0 Å². The Morgan fingerprint density at radius 2 is 0.690 bits per heavy atom. The summed E-state index contributed by atoms with van der Waals surface area (Å²) in [5.41, 5.74) is 0. The smallest absolute Gasteiger partial charge is 0.369 e. The molecule has 4 N–H and O–H groups in total. The number of hydrogen-bond acceptors (Lipinski definition) is 8. The molecule has 4 unspecified atom stereocenters. The Morgan fingerprint density at radius 1 is 0.483 bits per heavy atom. The molecule has 176 valence electrons. The third kappa shape index (κ3) is 14.5. The maximum atomic E-state index is 10.3. The van der Waals surface area contributed by atoms with Crippen molar-refractivity contribution in [3.8, 4) is 0 Å². The second-order valence-electron chi connectivity index (χ2n) is 7.36. The second-order valence-corrected chi connectivity index (χ2v) is 9.30. The molecular weight excluding hydrogens is 396 g/mol. The quantitative estimate of drug-likeness (QED) is 0.168. The van der Waals surface area contributed by atoms with Gasteiger partial charge in [-0.3, -0.25) is 0 Å². The maximum absolute atomic E-state index is 10.3.